The Hall–Kier alpha value is -2.46. The van der Waals surface area contributed by atoms with Crippen molar-refractivity contribution in [1.29, 1.82) is 0 Å². The minimum atomic E-state index is 0.574. The van der Waals surface area contributed by atoms with Gasteiger partial charge in [0.25, 0.3) is 0 Å². The summed E-state index contributed by atoms with van der Waals surface area (Å²) in [6.07, 6.45) is 6.20. The van der Waals surface area contributed by atoms with Crippen LogP contribution in [0.3, 0.4) is 0 Å². The van der Waals surface area contributed by atoms with Gasteiger partial charge < -0.3 is 4.90 Å². The van der Waals surface area contributed by atoms with Gasteiger partial charge in [0.05, 0.1) is 23.6 Å². The Morgan fingerprint density at radius 3 is 2.54 bits per heavy atom. The van der Waals surface area contributed by atoms with Gasteiger partial charge in [-0.25, -0.2) is 4.99 Å². The Morgan fingerprint density at radius 1 is 1.04 bits per heavy atom. The van der Waals surface area contributed by atoms with Gasteiger partial charge in [-0.3, -0.25) is 4.98 Å². The molecule has 0 radical (unpaired) electrons. The molecule has 0 aliphatic carbocycles. The van der Waals surface area contributed by atoms with E-state index in [2.05, 4.69) is 69.4 Å². The molecule has 0 spiro atoms. The Kier molecular flexibility index (Phi) is 3.06. The molecular weight excluding hydrogens is 362 g/mol. The van der Waals surface area contributed by atoms with Gasteiger partial charge in [0.15, 0.2) is 0 Å². The smallest absolute Gasteiger partial charge is 0.129 e. The maximum atomic E-state index is 4.84. The normalized spacial score (nSPS) is 20.0. The molecule has 0 saturated carbocycles. The van der Waals surface area contributed by atoms with Crippen molar-refractivity contribution in [2.24, 2.45) is 4.99 Å². The zero-order valence-corrected chi connectivity index (χ0v) is 14.4. The zero-order chi connectivity index (χ0) is 16.1. The van der Waals surface area contributed by atoms with Crippen molar-refractivity contribution in [3.05, 3.63) is 71.4 Å². The number of aliphatic imine (C=N–C) groups is 1. The first kappa shape index (κ1) is 13.9. The lowest BCUT2D eigenvalue weighted by molar-refractivity contribution is 0.821. The standard InChI is InChI=1S/C20H14BrN3/c21-14-7-5-13(6-8-14)20-17-4-2-1-3-16(17)18(11-22-20)23-19-10-9-15-12-24(15)19/h1-11,15H,12H2/b23-19-. The van der Waals surface area contributed by atoms with Gasteiger partial charge in [-0.05, 0) is 18.2 Å². The van der Waals surface area contributed by atoms with Crippen LogP contribution in [0.15, 0.2) is 76.3 Å². The SMILES string of the molecule is Brc1ccc(-c2ncc(/N=C3/C=CC4CN34)c3ccccc23)cc1. The lowest BCUT2D eigenvalue weighted by atomic mass is 10.0. The zero-order valence-electron chi connectivity index (χ0n) is 12.9. The maximum absolute atomic E-state index is 4.84. The second-order valence-electron chi connectivity index (χ2n) is 6.09. The molecule has 5 rings (SSSR count). The van der Waals surface area contributed by atoms with Crippen LogP contribution < -0.4 is 0 Å². The van der Waals surface area contributed by atoms with Crippen molar-refractivity contribution in [3.63, 3.8) is 0 Å². The Balaban J connectivity index is 1.68. The highest BCUT2D eigenvalue weighted by Gasteiger charge is 2.38. The van der Waals surface area contributed by atoms with E-state index in [1.165, 1.54) is 0 Å². The molecule has 1 aromatic heterocycles. The van der Waals surface area contributed by atoms with Crippen molar-refractivity contribution in [1.82, 2.24) is 9.88 Å². The second kappa shape index (κ2) is 5.28. The summed E-state index contributed by atoms with van der Waals surface area (Å²) in [6, 6.07) is 17.2. The number of nitrogens with zero attached hydrogens (tertiary/aromatic N) is 3. The van der Waals surface area contributed by atoms with Crippen LogP contribution >= 0.6 is 15.9 Å². The van der Waals surface area contributed by atoms with Crippen LogP contribution in [0.1, 0.15) is 0 Å². The van der Waals surface area contributed by atoms with Gasteiger partial charge >= 0.3 is 0 Å². The molecule has 2 aliphatic rings. The molecule has 1 unspecified atom stereocenters. The summed E-state index contributed by atoms with van der Waals surface area (Å²) >= 11 is 3.49. The average Bonchev–Trinajstić information content (AvgIpc) is 3.30. The van der Waals surface area contributed by atoms with Crippen LogP contribution in [0, 0.1) is 0 Å². The lowest BCUT2D eigenvalue weighted by Gasteiger charge is -2.09. The molecule has 1 atom stereocenters. The molecule has 4 heteroatoms. The highest BCUT2D eigenvalue weighted by atomic mass is 79.9. The summed E-state index contributed by atoms with van der Waals surface area (Å²) in [5.74, 6) is 1.04. The third-order valence-corrected chi connectivity index (χ3v) is 5.07. The lowest BCUT2D eigenvalue weighted by Crippen LogP contribution is -2.04. The third kappa shape index (κ3) is 2.26. The van der Waals surface area contributed by atoms with Crippen LogP contribution in [0.2, 0.25) is 0 Å². The molecule has 2 aliphatic heterocycles. The maximum Gasteiger partial charge on any atom is 0.129 e. The molecule has 0 N–H and O–H groups in total. The summed E-state index contributed by atoms with van der Waals surface area (Å²) in [5, 5.41) is 2.27. The van der Waals surface area contributed by atoms with Crippen LogP contribution in [-0.2, 0) is 0 Å². The van der Waals surface area contributed by atoms with Crippen molar-refractivity contribution >= 4 is 38.2 Å². The van der Waals surface area contributed by atoms with E-state index in [1.54, 1.807) is 0 Å². The summed E-state index contributed by atoms with van der Waals surface area (Å²) < 4.78 is 1.07. The van der Waals surface area contributed by atoms with Gasteiger partial charge in [0, 0.05) is 27.4 Å². The number of fused-ring (bicyclic) bond motifs is 2. The van der Waals surface area contributed by atoms with Crippen molar-refractivity contribution in [2.45, 2.75) is 6.04 Å². The first-order valence-corrected chi connectivity index (χ1v) is 8.76. The predicted molar refractivity (Wildman–Crippen MR) is 102 cm³/mol. The fraction of sp³-hybridized carbons (Fsp3) is 0.100. The highest BCUT2D eigenvalue weighted by Crippen LogP contribution is 2.35. The molecule has 1 fully saturated rings. The van der Waals surface area contributed by atoms with Crippen molar-refractivity contribution in [3.8, 4) is 11.3 Å². The van der Waals surface area contributed by atoms with Crippen LogP contribution in [0.4, 0.5) is 5.69 Å². The van der Waals surface area contributed by atoms with Gasteiger partial charge in [-0.1, -0.05) is 58.4 Å². The number of halogens is 1. The fourth-order valence-corrected chi connectivity index (χ4v) is 3.47. The summed E-state index contributed by atoms with van der Waals surface area (Å²) in [6.45, 7) is 1.09. The third-order valence-electron chi connectivity index (χ3n) is 4.54. The number of rotatable bonds is 2. The highest BCUT2D eigenvalue weighted by molar-refractivity contribution is 9.10. The molecule has 3 aromatic rings. The van der Waals surface area contributed by atoms with E-state index in [9.17, 15) is 0 Å². The molecule has 0 bridgehead atoms. The molecule has 3 heterocycles. The van der Waals surface area contributed by atoms with E-state index in [-0.39, 0.29) is 0 Å². The van der Waals surface area contributed by atoms with Crippen LogP contribution in [0.5, 0.6) is 0 Å². The largest absolute Gasteiger partial charge is 0.346 e. The first-order valence-electron chi connectivity index (χ1n) is 7.97. The summed E-state index contributed by atoms with van der Waals surface area (Å²) in [7, 11) is 0. The predicted octanol–water partition coefficient (Wildman–Crippen LogP) is 4.95. The minimum absolute atomic E-state index is 0.574. The topological polar surface area (TPSA) is 28.3 Å². The van der Waals surface area contributed by atoms with Gasteiger partial charge in [0.2, 0.25) is 0 Å². The van der Waals surface area contributed by atoms with Gasteiger partial charge in [-0.15, -0.1) is 0 Å². The summed E-state index contributed by atoms with van der Waals surface area (Å²) in [4.78, 5) is 11.9. The van der Waals surface area contributed by atoms with E-state index in [0.29, 0.717) is 6.04 Å². The fourth-order valence-electron chi connectivity index (χ4n) is 3.20. The van der Waals surface area contributed by atoms with Crippen LogP contribution in [0.25, 0.3) is 22.0 Å². The molecule has 3 nitrogen and oxygen atoms in total. The summed E-state index contributed by atoms with van der Waals surface area (Å²) in [5.41, 5.74) is 3.03. The minimum Gasteiger partial charge on any atom is -0.346 e. The van der Waals surface area contributed by atoms with Crippen molar-refractivity contribution in [2.75, 3.05) is 6.54 Å². The molecule has 1 saturated heterocycles. The van der Waals surface area contributed by atoms with E-state index in [1.807, 2.05) is 18.3 Å². The number of aromatic nitrogens is 1. The van der Waals surface area contributed by atoms with E-state index >= 15 is 0 Å². The van der Waals surface area contributed by atoms with E-state index in [0.717, 1.165) is 44.6 Å². The van der Waals surface area contributed by atoms with Crippen molar-refractivity contribution < 1.29 is 0 Å². The van der Waals surface area contributed by atoms with Gasteiger partial charge in [0.1, 0.15) is 5.84 Å². The monoisotopic (exact) mass is 375 g/mol. The number of pyridine rings is 1. The molecule has 0 amide bonds. The molecule has 116 valence electrons. The number of amidine groups is 1. The Labute approximate surface area is 148 Å². The van der Waals surface area contributed by atoms with E-state index < -0.39 is 0 Å². The van der Waals surface area contributed by atoms with Gasteiger partial charge in [-0.2, -0.15) is 0 Å². The van der Waals surface area contributed by atoms with Crippen LogP contribution in [-0.4, -0.2) is 28.3 Å². The van der Waals surface area contributed by atoms with E-state index in [4.69, 9.17) is 9.98 Å². The average molecular weight is 376 g/mol. The molecule has 24 heavy (non-hydrogen) atoms. The Morgan fingerprint density at radius 2 is 1.83 bits per heavy atom. The quantitative estimate of drug-likeness (QED) is 0.592. The number of benzene rings is 2. The number of hydrogen-bond donors (Lipinski definition) is 0. The first-order chi connectivity index (χ1) is 11.8. The number of hydrogen-bond acceptors (Lipinski definition) is 2. The molecular formula is C20H14BrN3. The molecule has 2 aromatic carbocycles. The Bertz CT molecular complexity index is 1010. The second-order valence-corrected chi connectivity index (χ2v) is 7.01.